The minimum absolute atomic E-state index is 0.0600. The Morgan fingerprint density at radius 3 is 1.76 bits per heavy atom. The second-order valence-corrected chi connectivity index (χ2v) is 7.39. The SMILES string of the molecule is CCCCCCCCn1c(N)cc(=O)n(CCCCCCCC)c1=S. The van der Waals surface area contributed by atoms with Crippen molar-refractivity contribution >= 4 is 18.0 Å². The Morgan fingerprint density at radius 2 is 1.24 bits per heavy atom. The van der Waals surface area contributed by atoms with Gasteiger partial charge in [-0.1, -0.05) is 78.1 Å². The van der Waals surface area contributed by atoms with Crippen molar-refractivity contribution < 1.29 is 0 Å². The van der Waals surface area contributed by atoms with Crippen LogP contribution in [0.1, 0.15) is 90.9 Å². The molecule has 25 heavy (non-hydrogen) atoms. The normalized spacial score (nSPS) is 11.1. The van der Waals surface area contributed by atoms with Crippen LogP contribution in [0.5, 0.6) is 0 Å². The quantitative estimate of drug-likeness (QED) is 0.340. The average Bonchev–Trinajstić information content (AvgIpc) is 2.58. The Morgan fingerprint density at radius 1 is 0.800 bits per heavy atom. The monoisotopic (exact) mass is 367 g/mol. The standard InChI is InChI=1S/C20H37N3OS/c1-3-5-7-9-11-13-15-22-18(21)17-19(24)23(20(22)25)16-14-12-10-8-6-4-2/h17H,3-16,21H2,1-2H3. The minimum Gasteiger partial charge on any atom is -0.385 e. The summed E-state index contributed by atoms with van der Waals surface area (Å²) in [5.41, 5.74) is 5.99. The molecule has 0 aliphatic carbocycles. The number of nitrogens with two attached hydrogens (primary N) is 1. The Kier molecular flexibility index (Phi) is 11.5. The van der Waals surface area contributed by atoms with Gasteiger partial charge < -0.3 is 10.3 Å². The van der Waals surface area contributed by atoms with Gasteiger partial charge in [-0.3, -0.25) is 9.36 Å². The highest BCUT2D eigenvalue weighted by atomic mass is 32.1. The van der Waals surface area contributed by atoms with Crippen molar-refractivity contribution in [1.29, 1.82) is 0 Å². The van der Waals surface area contributed by atoms with Gasteiger partial charge in [0.25, 0.3) is 5.56 Å². The lowest BCUT2D eigenvalue weighted by molar-refractivity contribution is 0.505. The van der Waals surface area contributed by atoms with E-state index in [1.54, 1.807) is 4.57 Å². The fraction of sp³-hybridized carbons (Fsp3) is 0.800. The van der Waals surface area contributed by atoms with Crippen molar-refractivity contribution in [2.24, 2.45) is 0 Å². The highest BCUT2D eigenvalue weighted by molar-refractivity contribution is 7.71. The number of aromatic nitrogens is 2. The summed E-state index contributed by atoms with van der Waals surface area (Å²) >= 11 is 5.55. The molecule has 0 aliphatic heterocycles. The molecule has 0 unspecified atom stereocenters. The van der Waals surface area contributed by atoms with Gasteiger partial charge in [0.15, 0.2) is 4.77 Å². The number of nitrogen functional groups attached to an aromatic ring is 1. The predicted octanol–water partition coefficient (Wildman–Crippen LogP) is 5.68. The number of unbranched alkanes of at least 4 members (excludes halogenated alkanes) is 10. The zero-order valence-corrected chi connectivity index (χ0v) is 17.1. The number of hydrogen-bond acceptors (Lipinski definition) is 3. The molecule has 0 aliphatic rings. The summed E-state index contributed by atoms with van der Waals surface area (Å²) in [7, 11) is 0. The maximum absolute atomic E-state index is 12.2. The number of anilines is 1. The van der Waals surface area contributed by atoms with Crippen molar-refractivity contribution in [3.63, 3.8) is 0 Å². The maximum atomic E-state index is 12.2. The van der Waals surface area contributed by atoms with E-state index in [2.05, 4.69) is 13.8 Å². The Balaban J connectivity index is 2.55. The lowest BCUT2D eigenvalue weighted by Gasteiger charge is -2.15. The fourth-order valence-electron chi connectivity index (χ4n) is 3.16. The van der Waals surface area contributed by atoms with Crippen LogP contribution in [0.4, 0.5) is 5.82 Å². The molecule has 0 saturated carbocycles. The van der Waals surface area contributed by atoms with Gasteiger partial charge in [-0.2, -0.15) is 0 Å². The molecule has 0 bridgehead atoms. The first-order valence-corrected chi connectivity index (χ1v) is 10.6. The van der Waals surface area contributed by atoms with Crippen LogP contribution in [-0.4, -0.2) is 9.13 Å². The molecule has 0 fully saturated rings. The van der Waals surface area contributed by atoms with E-state index in [0.717, 1.165) is 25.8 Å². The van der Waals surface area contributed by atoms with E-state index in [1.165, 1.54) is 63.9 Å². The Labute approximate surface area is 158 Å². The van der Waals surface area contributed by atoms with Gasteiger partial charge in [0, 0.05) is 19.2 Å². The summed E-state index contributed by atoms with van der Waals surface area (Å²) < 4.78 is 4.25. The minimum atomic E-state index is -0.0600. The summed E-state index contributed by atoms with van der Waals surface area (Å²) in [5.74, 6) is 0.503. The number of nitrogens with zero attached hydrogens (tertiary/aromatic N) is 2. The van der Waals surface area contributed by atoms with Crippen LogP contribution in [0.15, 0.2) is 10.9 Å². The first-order chi connectivity index (χ1) is 12.1. The molecule has 0 atom stereocenters. The summed E-state index contributed by atoms with van der Waals surface area (Å²) in [6.45, 7) is 5.97. The van der Waals surface area contributed by atoms with Crippen LogP contribution >= 0.6 is 12.2 Å². The van der Waals surface area contributed by atoms with Gasteiger partial charge in [-0.05, 0) is 25.1 Å². The molecule has 0 amide bonds. The molecule has 1 heterocycles. The van der Waals surface area contributed by atoms with Gasteiger partial charge in [0.1, 0.15) is 5.82 Å². The highest BCUT2D eigenvalue weighted by Gasteiger charge is 2.06. The first kappa shape index (κ1) is 21.9. The average molecular weight is 368 g/mol. The molecule has 5 heteroatoms. The van der Waals surface area contributed by atoms with Crippen LogP contribution in [0.2, 0.25) is 0 Å². The van der Waals surface area contributed by atoms with Crippen LogP contribution in [0.3, 0.4) is 0 Å². The van der Waals surface area contributed by atoms with Crippen LogP contribution in [0, 0.1) is 4.77 Å². The van der Waals surface area contributed by atoms with Crippen LogP contribution < -0.4 is 11.3 Å². The van der Waals surface area contributed by atoms with E-state index < -0.39 is 0 Å². The lowest BCUT2D eigenvalue weighted by atomic mass is 10.1. The summed E-state index contributed by atoms with van der Waals surface area (Å²) in [5, 5.41) is 0. The smallest absolute Gasteiger partial charge is 0.256 e. The maximum Gasteiger partial charge on any atom is 0.256 e. The predicted molar refractivity (Wildman–Crippen MR) is 111 cm³/mol. The van der Waals surface area contributed by atoms with Crippen LogP contribution in [-0.2, 0) is 13.1 Å². The van der Waals surface area contributed by atoms with Gasteiger partial charge in [-0.15, -0.1) is 0 Å². The summed E-state index contributed by atoms with van der Waals surface area (Å²) in [6.07, 6.45) is 14.6. The van der Waals surface area contributed by atoms with E-state index in [4.69, 9.17) is 18.0 Å². The van der Waals surface area contributed by atoms with Gasteiger partial charge in [-0.25, -0.2) is 0 Å². The van der Waals surface area contributed by atoms with Crippen molar-refractivity contribution in [3.8, 4) is 0 Å². The molecule has 0 spiro atoms. The van der Waals surface area contributed by atoms with Crippen LogP contribution in [0.25, 0.3) is 0 Å². The molecule has 4 nitrogen and oxygen atoms in total. The van der Waals surface area contributed by atoms with Crippen molar-refractivity contribution in [2.45, 2.75) is 104 Å². The molecule has 1 aromatic heterocycles. The molecule has 0 radical (unpaired) electrons. The molecule has 0 saturated heterocycles. The lowest BCUT2D eigenvalue weighted by Crippen LogP contribution is -2.26. The number of hydrogen-bond donors (Lipinski definition) is 1. The van der Waals surface area contributed by atoms with E-state index in [-0.39, 0.29) is 5.56 Å². The zero-order valence-electron chi connectivity index (χ0n) is 16.3. The van der Waals surface area contributed by atoms with Gasteiger partial charge >= 0.3 is 0 Å². The fourth-order valence-corrected chi connectivity index (χ4v) is 3.54. The van der Waals surface area contributed by atoms with Gasteiger partial charge in [0.05, 0.1) is 0 Å². The molecule has 144 valence electrons. The molecular weight excluding hydrogens is 330 g/mol. The Bertz CT molecular complexity index is 592. The molecule has 0 aromatic carbocycles. The molecule has 1 aromatic rings. The summed E-state index contributed by atoms with van der Waals surface area (Å²) in [6, 6.07) is 1.53. The van der Waals surface area contributed by atoms with Gasteiger partial charge in [0.2, 0.25) is 0 Å². The third kappa shape index (κ3) is 8.21. The third-order valence-electron chi connectivity index (χ3n) is 4.78. The molecule has 1 rings (SSSR count). The summed E-state index contributed by atoms with van der Waals surface area (Å²) in [4.78, 5) is 12.2. The highest BCUT2D eigenvalue weighted by Crippen LogP contribution is 2.10. The molecular formula is C20H37N3OS. The zero-order chi connectivity index (χ0) is 18.5. The molecule has 2 N–H and O–H groups in total. The van der Waals surface area contributed by atoms with E-state index in [1.807, 2.05) is 4.57 Å². The number of rotatable bonds is 14. The van der Waals surface area contributed by atoms with Crippen molar-refractivity contribution in [3.05, 3.63) is 21.2 Å². The first-order valence-electron chi connectivity index (χ1n) is 10.2. The van der Waals surface area contributed by atoms with Crippen molar-refractivity contribution in [1.82, 2.24) is 9.13 Å². The topological polar surface area (TPSA) is 52.9 Å². The van der Waals surface area contributed by atoms with E-state index in [9.17, 15) is 4.79 Å². The Hall–Kier alpha value is -1.10. The second kappa shape index (κ2) is 13.2. The largest absolute Gasteiger partial charge is 0.385 e. The second-order valence-electron chi connectivity index (χ2n) is 7.03. The van der Waals surface area contributed by atoms with E-state index >= 15 is 0 Å². The third-order valence-corrected chi connectivity index (χ3v) is 5.22. The van der Waals surface area contributed by atoms with E-state index in [0.29, 0.717) is 17.1 Å². The van der Waals surface area contributed by atoms with Crippen molar-refractivity contribution in [2.75, 3.05) is 5.73 Å².